The van der Waals surface area contributed by atoms with Crippen LogP contribution in [0.5, 0.6) is 5.75 Å². The fourth-order valence-electron chi connectivity index (χ4n) is 1.14. The van der Waals surface area contributed by atoms with Gasteiger partial charge in [-0.1, -0.05) is 12.2 Å². The third kappa shape index (κ3) is 3.69. The van der Waals surface area contributed by atoms with Crippen molar-refractivity contribution in [2.45, 2.75) is 0 Å². The highest BCUT2D eigenvalue weighted by Crippen LogP contribution is 2.20. The lowest BCUT2D eigenvalue weighted by molar-refractivity contribution is 0.0814. The molecule has 1 rings (SSSR count). The molecule has 0 aliphatic rings. The van der Waals surface area contributed by atoms with Gasteiger partial charge in [-0.15, -0.1) is 0 Å². The minimum atomic E-state index is -0.287. The smallest absolute Gasteiger partial charge is 0.126 e. The summed E-state index contributed by atoms with van der Waals surface area (Å²) in [6.45, 7) is 0.413. The number of hydrogen-bond acceptors (Lipinski definition) is 3. The molecule has 0 atom stereocenters. The summed E-state index contributed by atoms with van der Waals surface area (Å²) in [7, 11) is 3.23. The van der Waals surface area contributed by atoms with Crippen LogP contribution in [0.15, 0.2) is 24.3 Å². The maximum absolute atomic E-state index is 12.9. The summed E-state index contributed by atoms with van der Waals surface area (Å²) in [4.78, 5) is 4.89. The van der Waals surface area contributed by atoms with Crippen molar-refractivity contribution in [2.24, 2.45) is 0 Å². The Bertz CT molecular complexity index is 339. The zero-order valence-corrected chi connectivity index (χ0v) is 8.79. The van der Waals surface area contributed by atoms with Gasteiger partial charge in [0, 0.05) is 12.6 Å². The van der Waals surface area contributed by atoms with Crippen molar-refractivity contribution in [3.63, 3.8) is 0 Å². The van der Waals surface area contributed by atoms with E-state index in [4.69, 9.17) is 9.57 Å². The Morgan fingerprint density at radius 1 is 1.47 bits per heavy atom. The molecule has 0 unspecified atom stereocenters. The summed E-state index contributed by atoms with van der Waals surface area (Å²) < 4.78 is 18.0. The van der Waals surface area contributed by atoms with E-state index in [0.29, 0.717) is 17.9 Å². The molecular formula is C11H14FNO2. The van der Waals surface area contributed by atoms with Gasteiger partial charge >= 0.3 is 0 Å². The average molecular weight is 211 g/mol. The van der Waals surface area contributed by atoms with Crippen LogP contribution in [0.2, 0.25) is 0 Å². The van der Waals surface area contributed by atoms with Crippen LogP contribution in [0.3, 0.4) is 0 Å². The maximum Gasteiger partial charge on any atom is 0.126 e. The molecule has 0 fully saturated rings. The normalized spacial score (nSPS) is 10.9. The summed E-state index contributed by atoms with van der Waals surface area (Å²) in [5.74, 6) is 0.349. The predicted molar refractivity (Wildman–Crippen MR) is 57.0 cm³/mol. The molecule has 0 bridgehead atoms. The zero-order chi connectivity index (χ0) is 11.1. The zero-order valence-electron chi connectivity index (χ0n) is 8.79. The van der Waals surface area contributed by atoms with Crippen molar-refractivity contribution in [3.8, 4) is 5.75 Å². The molecule has 0 aliphatic heterocycles. The fraction of sp³-hybridized carbons (Fsp3) is 0.273. The molecule has 0 aromatic heterocycles. The van der Waals surface area contributed by atoms with Crippen LogP contribution in [0.25, 0.3) is 6.08 Å². The monoisotopic (exact) mass is 211 g/mol. The Balaban J connectivity index is 2.73. The Hall–Kier alpha value is -1.39. The molecule has 0 spiro atoms. The van der Waals surface area contributed by atoms with E-state index in [-0.39, 0.29) is 5.82 Å². The van der Waals surface area contributed by atoms with Crippen molar-refractivity contribution in [3.05, 3.63) is 35.7 Å². The van der Waals surface area contributed by atoms with Gasteiger partial charge in [-0.2, -0.15) is 0 Å². The first-order valence-corrected chi connectivity index (χ1v) is 4.56. The van der Waals surface area contributed by atoms with Crippen molar-refractivity contribution in [1.29, 1.82) is 0 Å². The number of nitrogens with one attached hydrogen (secondary N) is 1. The number of benzene rings is 1. The second-order valence-electron chi connectivity index (χ2n) is 2.80. The molecule has 0 saturated heterocycles. The number of ether oxygens (including phenoxy) is 1. The van der Waals surface area contributed by atoms with E-state index >= 15 is 0 Å². The molecule has 1 aromatic rings. The SMILES string of the molecule is CNOC/C=C/c1cc(F)ccc1OC. The summed E-state index contributed by atoms with van der Waals surface area (Å²) in [6, 6.07) is 4.36. The first kappa shape index (κ1) is 11.7. The van der Waals surface area contributed by atoms with E-state index in [1.54, 1.807) is 32.4 Å². The minimum Gasteiger partial charge on any atom is -0.496 e. The van der Waals surface area contributed by atoms with E-state index in [0.717, 1.165) is 0 Å². The van der Waals surface area contributed by atoms with E-state index < -0.39 is 0 Å². The van der Waals surface area contributed by atoms with E-state index in [9.17, 15) is 4.39 Å². The number of methoxy groups -OCH3 is 1. The summed E-state index contributed by atoms with van der Waals surface area (Å²) in [5.41, 5.74) is 3.23. The van der Waals surface area contributed by atoms with Gasteiger partial charge in [-0.05, 0) is 18.2 Å². The molecular weight excluding hydrogens is 197 g/mol. The van der Waals surface area contributed by atoms with Crippen LogP contribution >= 0.6 is 0 Å². The van der Waals surface area contributed by atoms with Gasteiger partial charge in [0.05, 0.1) is 13.7 Å². The second-order valence-corrected chi connectivity index (χ2v) is 2.80. The lowest BCUT2D eigenvalue weighted by Gasteiger charge is -2.04. The van der Waals surface area contributed by atoms with Crippen LogP contribution in [-0.2, 0) is 4.84 Å². The van der Waals surface area contributed by atoms with Crippen molar-refractivity contribution in [1.82, 2.24) is 5.48 Å². The van der Waals surface area contributed by atoms with Crippen molar-refractivity contribution >= 4 is 6.08 Å². The molecule has 1 aromatic carbocycles. The van der Waals surface area contributed by atoms with E-state index in [1.165, 1.54) is 12.1 Å². The summed E-state index contributed by atoms with van der Waals surface area (Å²) in [5, 5.41) is 0. The highest BCUT2D eigenvalue weighted by molar-refractivity contribution is 5.57. The van der Waals surface area contributed by atoms with Crippen LogP contribution in [0.1, 0.15) is 5.56 Å². The second kappa shape index (κ2) is 6.16. The molecule has 82 valence electrons. The number of hydrogen-bond donors (Lipinski definition) is 1. The van der Waals surface area contributed by atoms with E-state index in [2.05, 4.69) is 5.48 Å². The molecule has 3 nitrogen and oxygen atoms in total. The van der Waals surface area contributed by atoms with Gasteiger partial charge in [0.2, 0.25) is 0 Å². The number of halogens is 1. The third-order valence-electron chi connectivity index (χ3n) is 1.81. The van der Waals surface area contributed by atoms with Crippen molar-refractivity contribution in [2.75, 3.05) is 20.8 Å². The van der Waals surface area contributed by atoms with Crippen LogP contribution in [-0.4, -0.2) is 20.8 Å². The molecule has 1 N–H and O–H groups in total. The Morgan fingerprint density at radius 3 is 2.93 bits per heavy atom. The first-order chi connectivity index (χ1) is 7.27. The van der Waals surface area contributed by atoms with Crippen LogP contribution < -0.4 is 10.2 Å². The van der Waals surface area contributed by atoms with Gasteiger partial charge < -0.3 is 4.74 Å². The summed E-state index contributed by atoms with van der Waals surface area (Å²) in [6.07, 6.45) is 3.52. The molecule has 0 saturated carbocycles. The molecule has 0 radical (unpaired) electrons. The third-order valence-corrected chi connectivity index (χ3v) is 1.81. The lowest BCUT2D eigenvalue weighted by atomic mass is 10.2. The lowest BCUT2D eigenvalue weighted by Crippen LogP contribution is -2.06. The van der Waals surface area contributed by atoms with Gasteiger partial charge in [0.15, 0.2) is 0 Å². The van der Waals surface area contributed by atoms with Gasteiger partial charge in [0.1, 0.15) is 11.6 Å². The van der Waals surface area contributed by atoms with Gasteiger partial charge in [-0.25, -0.2) is 9.87 Å². The van der Waals surface area contributed by atoms with Crippen LogP contribution in [0, 0.1) is 5.82 Å². The van der Waals surface area contributed by atoms with Gasteiger partial charge in [0.25, 0.3) is 0 Å². The minimum absolute atomic E-state index is 0.287. The van der Waals surface area contributed by atoms with Crippen LogP contribution in [0.4, 0.5) is 4.39 Å². The molecule has 15 heavy (non-hydrogen) atoms. The number of hydroxylamine groups is 1. The average Bonchev–Trinajstić information content (AvgIpc) is 2.25. The summed E-state index contributed by atoms with van der Waals surface area (Å²) >= 11 is 0. The molecule has 0 amide bonds. The molecule has 0 aliphatic carbocycles. The highest BCUT2D eigenvalue weighted by atomic mass is 19.1. The fourth-order valence-corrected chi connectivity index (χ4v) is 1.14. The maximum atomic E-state index is 12.9. The van der Waals surface area contributed by atoms with E-state index in [1.807, 2.05) is 0 Å². The molecule has 4 heteroatoms. The topological polar surface area (TPSA) is 30.5 Å². The standard InChI is InChI=1S/C11H14FNO2/c1-13-15-7-3-4-9-8-10(12)5-6-11(9)14-2/h3-6,8,13H,7H2,1-2H3/b4-3+. The van der Waals surface area contributed by atoms with Crippen molar-refractivity contribution < 1.29 is 14.0 Å². The Labute approximate surface area is 88.5 Å². The Kier molecular flexibility index (Phi) is 4.80. The molecule has 0 heterocycles. The quantitative estimate of drug-likeness (QED) is 0.597. The van der Waals surface area contributed by atoms with Gasteiger partial charge in [-0.3, -0.25) is 4.84 Å². The number of rotatable bonds is 5. The Morgan fingerprint density at radius 2 is 2.27 bits per heavy atom. The highest BCUT2D eigenvalue weighted by Gasteiger charge is 2.00. The predicted octanol–water partition coefficient (Wildman–Crippen LogP) is 2.00. The largest absolute Gasteiger partial charge is 0.496 e. The first-order valence-electron chi connectivity index (χ1n) is 4.56.